The van der Waals surface area contributed by atoms with E-state index in [4.69, 9.17) is 4.74 Å². The van der Waals surface area contributed by atoms with Crippen LogP contribution >= 0.6 is 0 Å². The molecule has 7 heteroatoms. The fourth-order valence-electron chi connectivity index (χ4n) is 3.33. The maximum atomic E-state index is 13.0. The van der Waals surface area contributed by atoms with E-state index in [1.54, 1.807) is 34.8 Å². The Morgan fingerprint density at radius 1 is 1.15 bits per heavy atom. The number of para-hydroxylation sites is 1. The Labute approximate surface area is 153 Å². The highest BCUT2D eigenvalue weighted by Gasteiger charge is 2.31. The highest BCUT2D eigenvalue weighted by atomic mass is 32.2. The summed E-state index contributed by atoms with van der Waals surface area (Å²) in [7, 11) is -3.56. The third kappa shape index (κ3) is 4.16. The lowest BCUT2D eigenvalue weighted by molar-refractivity contribution is 0.271. The first-order valence-corrected chi connectivity index (χ1v) is 10.3. The van der Waals surface area contributed by atoms with Gasteiger partial charge in [-0.05, 0) is 49.8 Å². The molecule has 1 N–H and O–H groups in total. The zero-order valence-corrected chi connectivity index (χ0v) is 15.7. The van der Waals surface area contributed by atoms with Gasteiger partial charge in [-0.25, -0.2) is 8.42 Å². The van der Waals surface area contributed by atoms with Crippen molar-refractivity contribution in [1.29, 1.82) is 0 Å². The summed E-state index contributed by atoms with van der Waals surface area (Å²) in [4.78, 5) is 14.1. The minimum Gasteiger partial charge on any atom is -0.492 e. The second-order valence-corrected chi connectivity index (χ2v) is 8.40. The Bertz CT molecular complexity index is 879. The lowest BCUT2D eigenvalue weighted by atomic mass is 9.92. The molecule has 1 fully saturated rings. The molecule has 0 amide bonds. The molecule has 0 radical (unpaired) electrons. The van der Waals surface area contributed by atoms with Crippen LogP contribution in [0.4, 0.5) is 0 Å². The van der Waals surface area contributed by atoms with Crippen molar-refractivity contribution in [3.63, 3.8) is 0 Å². The molecule has 3 rings (SSSR count). The van der Waals surface area contributed by atoms with Crippen molar-refractivity contribution in [2.24, 2.45) is 5.92 Å². The predicted molar refractivity (Wildman–Crippen MR) is 99.9 cm³/mol. The summed E-state index contributed by atoms with van der Waals surface area (Å²) < 4.78 is 33.0. The van der Waals surface area contributed by atoms with Crippen LogP contribution in [0.1, 0.15) is 25.3 Å². The van der Waals surface area contributed by atoms with Gasteiger partial charge in [0.1, 0.15) is 10.6 Å². The second kappa shape index (κ2) is 8.05. The third-order valence-electron chi connectivity index (χ3n) is 4.71. The second-order valence-electron chi connectivity index (χ2n) is 6.49. The smallest absolute Gasteiger partial charge is 0.247 e. The fraction of sp³-hybridized carbons (Fsp3) is 0.421. The SMILES string of the molecule is CCOc1ccccc1S(=O)(=O)N1CCC(Cc2ccc(=O)[nH]c2)CC1. The van der Waals surface area contributed by atoms with Crippen molar-refractivity contribution >= 4 is 10.0 Å². The van der Waals surface area contributed by atoms with Crippen molar-refractivity contribution < 1.29 is 13.2 Å². The molecule has 1 aromatic heterocycles. The Kier molecular flexibility index (Phi) is 5.78. The summed E-state index contributed by atoms with van der Waals surface area (Å²) in [6.07, 6.45) is 4.19. The Morgan fingerprint density at radius 2 is 1.88 bits per heavy atom. The van der Waals surface area contributed by atoms with E-state index in [9.17, 15) is 13.2 Å². The van der Waals surface area contributed by atoms with Gasteiger partial charge in [-0.15, -0.1) is 0 Å². The van der Waals surface area contributed by atoms with Crippen LogP contribution in [-0.4, -0.2) is 37.4 Å². The van der Waals surface area contributed by atoms with Crippen LogP contribution in [0.15, 0.2) is 52.3 Å². The zero-order valence-electron chi connectivity index (χ0n) is 14.8. The van der Waals surface area contributed by atoms with Gasteiger partial charge in [-0.3, -0.25) is 4.79 Å². The molecule has 26 heavy (non-hydrogen) atoms. The number of pyridine rings is 1. The van der Waals surface area contributed by atoms with Crippen molar-refractivity contribution in [3.05, 3.63) is 58.5 Å². The molecule has 0 atom stereocenters. The number of ether oxygens (including phenoxy) is 1. The topological polar surface area (TPSA) is 79.5 Å². The molecule has 0 saturated carbocycles. The van der Waals surface area contributed by atoms with Gasteiger partial charge in [0.25, 0.3) is 0 Å². The quantitative estimate of drug-likeness (QED) is 0.840. The Balaban J connectivity index is 1.67. The van der Waals surface area contributed by atoms with Crippen molar-refractivity contribution in [1.82, 2.24) is 9.29 Å². The molecule has 140 valence electrons. The number of rotatable bonds is 6. The molecule has 1 aliphatic rings. The molecule has 0 spiro atoms. The number of piperidine rings is 1. The molecular weight excluding hydrogens is 352 g/mol. The fourth-order valence-corrected chi connectivity index (χ4v) is 4.94. The number of H-pyrrole nitrogens is 1. The number of benzene rings is 1. The predicted octanol–water partition coefficient (Wildman–Crippen LogP) is 2.42. The molecule has 0 unspecified atom stereocenters. The van der Waals surface area contributed by atoms with Gasteiger partial charge < -0.3 is 9.72 Å². The largest absolute Gasteiger partial charge is 0.492 e. The minimum absolute atomic E-state index is 0.109. The van der Waals surface area contributed by atoms with E-state index in [2.05, 4.69) is 4.98 Å². The van der Waals surface area contributed by atoms with Gasteiger partial charge in [0.2, 0.25) is 15.6 Å². The van der Waals surface area contributed by atoms with E-state index in [1.807, 2.05) is 13.0 Å². The van der Waals surface area contributed by atoms with E-state index < -0.39 is 10.0 Å². The summed E-state index contributed by atoms with van der Waals surface area (Å²) in [5, 5.41) is 0. The Morgan fingerprint density at radius 3 is 2.54 bits per heavy atom. The molecule has 2 aromatic rings. The summed E-state index contributed by atoms with van der Waals surface area (Å²) in [6.45, 7) is 3.26. The van der Waals surface area contributed by atoms with E-state index in [1.165, 1.54) is 6.07 Å². The van der Waals surface area contributed by atoms with Crippen LogP contribution in [-0.2, 0) is 16.4 Å². The van der Waals surface area contributed by atoms with E-state index in [-0.39, 0.29) is 10.5 Å². The summed E-state index contributed by atoms with van der Waals surface area (Å²) in [6, 6.07) is 10.2. The number of nitrogens with one attached hydrogen (secondary N) is 1. The first kappa shape index (κ1) is 18.7. The van der Waals surface area contributed by atoms with Gasteiger partial charge >= 0.3 is 0 Å². The highest BCUT2D eigenvalue weighted by molar-refractivity contribution is 7.89. The monoisotopic (exact) mass is 376 g/mol. The van der Waals surface area contributed by atoms with Crippen LogP contribution in [0.5, 0.6) is 5.75 Å². The third-order valence-corrected chi connectivity index (χ3v) is 6.65. The summed E-state index contributed by atoms with van der Waals surface area (Å²) in [5.41, 5.74) is 0.968. The molecular formula is C19H24N2O4S. The van der Waals surface area contributed by atoms with Gasteiger partial charge in [0.15, 0.2) is 0 Å². The zero-order chi connectivity index (χ0) is 18.6. The number of sulfonamides is 1. The van der Waals surface area contributed by atoms with Crippen molar-refractivity contribution in [3.8, 4) is 5.75 Å². The molecule has 6 nitrogen and oxygen atoms in total. The maximum Gasteiger partial charge on any atom is 0.247 e. The van der Waals surface area contributed by atoms with Gasteiger partial charge in [-0.1, -0.05) is 18.2 Å². The molecule has 0 bridgehead atoms. The van der Waals surface area contributed by atoms with Crippen LogP contribution in [0, 0.1) is 5.92 Å². The van der Waals surface area contributed by atoms with Crippen LogP contribution < -0.4 is 10.3 Å². The number of hydrogen-bond acceptors (Lipinski definition) is 4. The molecule has 0 aliphatic carbocycles. The summed E-state index contributed by atoms with van der Waals surface area (Å²) in [5.74, 6) is 0.819. The van der Waals surface area contributed by atoms with Crippen LogP contribution in [0.25, 0.3) is 0 Å². The average molecular weight is 376 g/mol. The molecule has 1 saturated heterocycles. The van der Waals surface area contributed by atoms with Crippen molar-refractivity contribution in [2.45, 2.75) is 31.1 Å². The minimum atomic E-state index is -3.56. The van der Waals surface area contributed by atoms with Gasteiger partial charge in [0.05, 0.1) is 6.61 Å². The van der Waals surface area contributed by atoms with E-state index >= 15 is 0 Å². The van der Waals surface area contributed by atoms with E-state index in [0.717, 1.165) is 24.8 Å². The number of nitrogens with zero attached hydrogens (tertiary/aromatic N) is 1. The van der Waals surface area contributed by atoms with Gasteiger partial charge in [-0.2, -0.15) is 4.31 Å². The highest BCUT2D eigenvalue weighted by Crippen LogP contribution is 2.30. The normalized spacial score (nSPS) is 16.5. The first-order chi connectivity index (χ1) is 12.5. The molecule has 1 aromatic carbocycles. The number of aromatic amines is 1. The number of hydrogen-bond donors (Lipinski definition) is 1. The Hall–Kier alpha value is -2.12. The molecule has 2 heterocycles. The number of aromatic nitrogens is 1. The standard InChI is InChI=1S/C19H24N2O4S/c1-2-25-17-5-3-4-6-18(17)26(23,24)21-11-9-15(10-12-21)13-16-7-8-19(22)20-14-16/h3-8,14-15H,2,9-13H2,1H3,(H,20,22). The maximum absolute atomic E-state index is 13.0. The lowest BCUT2D eigenvalue weighted by Crippen LogP contribution is -2.39. The lowest BCUT2D eigenvalue weighted by Gasteiger charge is -2.31. The van der Waals surface area contributed by atoms with Crippen molar-refractivity contribution in [2.75, 3.05) is 19.7 Å². The van der Waals surface area contributed by atoms with E-state index in [0.29, 0.717) is 31.4 Å². The van der Waals surface area contributed by atoms with Crippen LogP contribution in [0.3, 0.4) is 0 Å². The molecule has 1 aliphatic heterocycles. The van der Waals surface area contributed by atoms with Gasteiger partial charge in [0, 0.05) is 25.4 Å². The first-order valence-electron chi connectivity index (χ1n) is 8.90. The van der Waals surface area contributed by atoms with Crippen LogP contribution in [0.2, 0.25) is 0 Å². The average Bonchev–Trinajstić information content (AvgIpc) is 2.65. The summed E-state index contributed by atoms with van der Waals surface area (Å²) >= 11 is 0.